The standard InChI is InChI=1S/C20H21ClO2/c1-2-15-5-3-6-16(13-15)7-4-8-20(23)19(14-22)17-9-11-18(21)12-10-17/h3,5-6,9-14,19H,2,4,7-8H2,1H3. The molecular weight excluding hydrogens is 308 g/mol. The average Bonchev–Trinajstić information content (AvgIpc) is 2.57. The average molecular weight is 329 g/mol. The second-order valence-electron chi connectivity index (χ2n) is 5.66. The molecule has 2 aromatic carbocycles. The molecule has 0 aliphatic rings. The van der Waals surface area contributed by atoms with Crippen molar-refractivity contribution in [2.75, 3.05) is 0 Å². The number of ketones is 1. The van der Waals surface area contributed by atoms with Gasteiger partial charge in [-0.3, -0.25) is 4.79 Å². The van der Waals surface area contributed by atoms with Crippen molar-refractivity contribution in [1.82, 2.24) is 0 Å². The van der Waals surface area contributed by atoms with Gasteiger partial charge in [0.2, 0.25) is 0 Å². The number of aldehydes is 1. The summed E-state index contributed by atoms with van der Waals surface area (Å²) in [6.45, 7) is 2.13. The molecule has 0 saturated carbocycles. The lowest BCUT2D eigenvalue weighted by atomic mass is 9.92. The summed E-state index contributed by atoms with van der Waals surface area (Å²) in [6.07, 6.45) is 3.75. The van der Waals surface area contributed by atoms with E-state index in [4.69, 9.17) is 11.6 Å². The number of aryl methyl sites for hydroxylation is 2. The number of hydrogen-bond donors (Lipinski definition) is 0. The number of Topliss-reactive ketones (excluding diaryl/α,β-unsaturated/α-hetero) is 1. The number of halogens is 1. The number of carbonyl (C=O) groups is 2. The lowest BCUT2D eigenvalue weighted by Gasteiger charge is -2.10. The third kappa shape index (κ3) is 5.04. The smallest absolute Gasteiger partial charge is 0.147 e. The topological polar surface area (TPSA) is 34.1 Å². The quantitative estimate of drug-likeness (QED) is 0.516. The van der Waals surface area contributed by atoms with Crippen molar-refractivity contribution in [2.45, 2.75) is 38.5 Å². The van der Waals surface area contributed by atoms with Crippen LogP contribution in [-0.4, -0.2) is 12.1 Å². The van der Waals surface area contributed by atoms with Crippen molar-refractivity contribution in [3.8, 4) is 0 Å². The minimum absolute atomic E-state index is 0.0334. The van der Waals surface area contributed by atoms with E-state index in [-0.39, 0.29) is 5.78 Å². The predicted octanol–water partition coefficient (Wildman–Crippen LogP) is 4.78. The van der Waals surface area contributed by atoms with Gasteiger partial charge in [-0.1, -0.05) is 54.9 Å². The third-order valence-electron chi connectivity index (χ3n) is 4.00. The Kier molecular flexibility index (Phi) is 6.54. The van der Waals surface area contributed by atoms with Crippen LogP contribution in [-0.2, 0) is 22.4 Å². The number of hydrogen-bond acceptors (Lipinski definition) is 2. The maximum absolute atomic E-state index is 12.3. The van der Waals surface area contributed by atoms with Crippen molar-refractivity contribution in [1.29, 1.82) is 0 Å². The molecule has 120 valence electrons. The van der Waals surface area contributed by atoms with Crippen LogP contribution in [0.3, 0.4) is 0 Å². The Balaban J connectivity index is 1.92. The monoisotopic (exact) mass is 328 g/mol. The zero-order valence-corrected chi connectivity index (χ0v) is 14.1. The van der Waals surface area contributed by atoms with Gasteiger partial charge in [0.05, 0.1) is 5.92 Å². The summed E-state index contributed by atoms with van der Waals surface area (Å²) in [4.78, 5) is 23.6. The summed E-state index contributed by atoms with van der Waals surface area (Å²) in [7, 11) is 0. The second kappa shape index (κ2) is 8.64. The highest BCUT2D eigenvalue weighted by atomic mass is 35.5. The zero-order valence-electron chi connectivity index (χ0n) is 13.3. The highest BCUT2D eigenvalue weighted by molar-refractivity contribution is 6.30. The van der Waals surface area contributed by atoms with Gasteiger partial charge in [-0.25, -0.2) is 0 Å². The van der Waals surface area contributed by atoms with Gasteiger partial charge in [-0.05, 0) is 48.1 Å². The maximum Gasteiger partial charge on any atom is 0.147 e. The van der Waals surface area contributed by atoms with Crippen molar-refractivity contribution in [3.05, 3.63) is 70.2 Å². The first-order valence-corrected chi connectivity index (χ1v) is 8.33. The predicted molar refractivity (Wildman–Crippen MR) is 94.0 cm³/mol. The fourth-order valence-electron chi connectivity index (χ4n) is 2.64. The third-order valence-corrected chi connectivity index (χ3v) is 4.25. The number of benzene rings is 2. The fourth-order valence-corrected chi connectivity index (χ4v) is 2.76. The Morgan fingerprint density at radius 2 is 1.83 bits per heavy atom. The molecule has 3 heteroatoms. The van der Waals surface area contributed by atoms with E-state index in [0.29, 0.717) is 17.0 Å². The fraction of sp³-hybridized carbons (Fsp3) is 0.300. The van der Waals surface area contributed by atoms with Gasteiger partial charge in [0.1, 0.15) is 12.1 Å². The van der Waals surface area contributed by atoms with Crippen molar-refractivity contribution in [2.24, 2.45) is 0 Å². The summed E-state index contributed by atoms with van der Waals surface area (Å²) in [5.41, 5.74) is 3.26. The van der Waals surface area contributed by atoms with Crippen LogP contribution >= 0.6 is 11.6 Å². The first-order valence-electron chi connectivity index (χ1n) is 7.95. The molecular formula is C20H21ClO2. The molecule has 23 heavy (non-hydrogen) atoms. The van der Waals surface area contributed by atoms with E-state index in [0.717, 1.165) is 25.5 Å². The van der Waals surface area contributed by atoms with Crippen LogP contribution in [0.15, 0.2) is 48.5 Å². The molecule has 0 N–H and O–H groups in total. The molecule has 0 fully saturated rings. The van der Waals surface area contributed by atoms with Gasteiger partial charge in [-0.15, -0.1) is 0 Å². The maximum atomic E-state index is 12.3. The van der Waals surface area contributed by atoms with Crippen LogP contribution in [0.4, 0.5) is 0 Å². The summed E-state index contributed by atoms with van der Waals surface area (Å²) in [6, 6.07) is 15.3. The highest BCUT2D eigenvalue weighted by Gasteiger charge is 2.19. The van der Waals surface area contributed by atoms with Crippen LogP contribution < -0.4 is 0 Å². The van der Waals surface area contributed by atoms with E-state index in [1.165, 1.54) is 11.1 Å². The molecule has 0 aliphatic heterocycles. The van der Waals surface area contributed by atoms with Gasteiger partial charge in [0, 0.05) is 11.4 Å². The molecule has 0 aliphatic carbocycles. The van der Waals surface area contributed by atoms with E-state index < -0.39 is 5.92 Å². The molecule has 0 amide bonds. The van der Waals surface area contributed by atoms with E-state index in [1.54, 1.807) is 24.3 Å². The highest BCUT2D eigenvalue weighted by Crippen LogP contribution is 2.20. The van der Waals surface area contributed by atoms with Gasteiger partial charge < -0.3 is 4.79 Å². The van der Waals surface area contributed by atoms with Crippen molar-refractivity contribution in [3.63, 3.8) is 0 Å². The number of carbonyl (C=O) groups excluding carboxylic acids is 2. The Morgan fingerprint density at radius 3 is 2.48 bits per heavy atom. The Bertz CT molecular complexity index is 662. The largest absolute Gasteiger partial charge is 0.302 e. The molecule has 0 spiro atoms. The Hall–Kier alpha value is -1.93. The summed E-state index contributed by atoms with van der Waals surface area (Å²) >= 11 is 5.84. The van der Waals surface area contributed by atoms with Gasteiger partial charge in [0.15, 0.2) is 0 Å². The minimum atomic E-state index is -0.686. The lowest BCUT2D eigenvalue weighted by Crippen LogP contribution is -2.14. The van der Waals surface area contributed by atoms with E-state index in [9.17, 15) is 9.59 Å². The first kappa shape index (κ1) is 17.4. The molecule has 1 unspecified atom stereocenters. The molecule has 2 rings (SSSR count). The van der Waals surface area contributed by atoms with E-state index in [1.807, 2.05) is 0 Å². The Morgan fingerprint density at radius 1 is 1.13 bits per heavy atom. The molecule has 0 aromatic heterocycles. The molecule has 0 radical (unpaired) electrons. The van der Waals surface area contributed by atoms with Crippen LogP contribution in [0.5, 0.6) is 0 Å². The molecule has 2 aromatic rings. The molecule has 0 saturated heterocycles. The molecule has 0 bridgehead atoms. The first-order chi connectivity index (χ1) is 11.1. The van der Waals surface area contributed by atoms with Gasteiger partial charge >= 0.3 is 0 Å². The van der Waals surface area contributed by atoms with Crippen LogP contribution in [0, 0.1) is 0 Å². The second-order valence-corrected chi connectivity index (χ2v) is 6.10. The molecule has 1 atom stereocenters. The van der Waals surface area contributed by atoms with Gasteiger partial charge in [-0.2, -0.15) is 0 Å². The lowest BCUT2D eigenvalue weighted by molar-refractivity contribution is -0.124. The Labute approximate surface area is 142 Å². The normalized spacial score (nSPS) is 11.9. The van der Waals surface area contributed by atoms with Crippen LogP contribution in [0.25, 0.3) is 0 Å². The minimum Gasteiger partial charge on any atom is -0.302 e. The molecule has 2 nitrogen and oxygen atoms in total. The SMILES string of the molecule is CCc1cccc(CCCC(=O)C(C=O)c2ccc(Cl)cc2)c1. The van der Waals surface area contributed by atoms with Crippen molar-refractivity contribution >= 4 is 23.7 Å². The number of rotatable bonds is 8. The van der Waals surface area contributed by atoms with Crippen LogP contribution in [0.1, 0.15) is 42.4 Å². The van der Waals surface area contributed by atoms with Gasteiger partial charge in [0.25, 0.3) is 0 Å². The van der Waals surface area contributed by atoms with E-state index >= 15 is 0 Å². The molecule has 0 heterocycles. The van der Waals surface area contributed by atoms with E-state index in [2.05, 4.69) is 31.2 Å². The van der Waals surface area contributed by atoms with Crippen LogP contribution in [0.2, 0.25) is 5.02 Å². The summed E-state index contributed by atoms with van der Waals surface area (Å²) < 4.78 is 0. The zero-order chi connectivity index (χ0) is 16.7. The summed E-state index contributed by atoms with van der Waals surface area (Å²) in [5, 5.41) is 0.599. The summed E-state index contributed by atoms with van der Waals surface area (Å²) in [5.74, 6) is -0.719. The van der Waals surface area contributed by atoms with Crippen molar-refractivity contribution < 1.29 is 9.59 Å².